The van der Waals surface area contributed by atoms with Crippen molar-refractivity contribution in [1.29, 1.82) is 0 Å². The molecule has 0 aliphatic heterocycles. The van der Waals surface area contributed by atoms with E-state index in [1.807, 2.05) is 13.0 Å². The summed E-state index contributed by atoms with van der Waals surface area (Å²) in [5.41, 5.74) is 4.16. The molecule has 0 aromatic heterocycles. The van der Waals surface area contributed by atoms with Crippen LogP contribution in [0.3, 0.4) is 0 Å². The summed E-state index contributed by atoms with van der Waals surface area (Å²) in [6.45, 7) is 3.07. The lowest BCUT2D eigenvalue weighted by Crippen LogP contribution is -2.40. The normalized spacial score (nSPS) is 11.5. The van der Waals surface area contributed by atoms with Gasteiger partial charge in [0.25, 0.3) is 15.9 Å². The number of nitrogens with one attached hydrogen (secondary N) is 1. The lowest BCUT2D eigenvalue weighted by molar-refractivity contribution is -0.119. The fourth-order valence-electron chi connectivity index (χ4n) is 2.98. The third-order valence-corrected chi connectivity index (χ3v) is 6.74. The number of benzene rings is 3. The first-order valence-corrected chi connectivity index (χ1v) is 11.4. The van der Waals surface area contributed by atoms with Gasteiger partial charge in [0.05, 0.1) is 21.8 Å². The molecule has 0 heterocycles. The van der Waals surface area contributed by atoms with Crippen molar-refractivity contribution in [2.75, 3.05) is 10.8 Å². The van der Waals surface area contributed by atoms with E-state index in [0.717, 1.165) is 16.1 Å². The Labute approximate surface area is 191 Å². The summed E-state index contributed by atoms with van der Waals surface area (Å²) in [7, 11) is -4.04. The lowest BCUT2D eigenvalue weighted by Gasteiger charge is -2.25. The lowest BCUT2D eigenvalue weighted by atomic mass is 10.1. The fourth-order valence-corrected chi connectivity index (χ4v) is 4.69. The number of aryl methyl sites for hydroxylation is 2. The van der Waals surface area contributed by atoms with Gasteiger partial charge in [-0.25, -0.2) is 18.2 Å². The number of anilines is 1. The van der Waals surface area contributed by atoms with Crippen LogP contribution in [0.1, 0.15) is 16.7 Å². The summed E-state index contributed by atoms with van der Waals surface area (Å²) in [4.78, 5) is 12.7. The monoisotopic (exact) mass is 473 g/mol. The van der Waals surface area contributed by atoms with Crippen LogP contribution in [0.4, 0.5) is 10.1 Å². The van der Waals surface area contributed by atoms with Crippen LogP contribution in [0.25, 0.3) is 0 Å². The van der Waals surface area contributed by atoms with Crippen molar-refractivity contribution in [3.63, 3.8) is 0 Å². The second-order valence-electron chi connectivity index (χ2n) is 7.04. The number of carbonyl (C=O) groups excluding carboxylic acids is 1. The highest BCUT2D eigenvalue weighted by atomic mass is 35.5. The van der Waals surface area contributed by atoms with E-state index < -0.39 is 28.3 Å². The molecule has 0 saturated heterocycles. The van der Waals surface area contributed by atoms with Gasteiger partial charge in [0.15, 0.2) is 0 Å². The fraction of sp³-hybridized carbons (Fsp3) is 0.130. The van der Waals surface area contributed by atoms with E-state index in [-0.39, 0.29) is 15.5 Å². The standard InChI is InChI=1S/C23H21ClFN3O3S/c1-16-11-12-17(2)22(13-16)28(32(30,31)18-7-4-3-5-8-18)15-23(29)27-26-14-19-20(24)9-6-10-21(19)25/h3-14H,15H2,1-2H3,(H,27,29)/b26-14-. The number of hydrogen-bond donors (Lipinski definition) is 1. The molecule has 0 saturated carbocycles. The first kappa shape index (κ1) is 23.4. The summed E-state index contributed by atoms with van der Waals surface area (Å²) < 4.78 is 41.6. The molecule has 6 nitrogen and oxygen atoms in total. The van der Waals surface area contributed by atoms with Crippen LogP contribution in [0.15, 0.2) is 76.7 Å². The van der Waals surface area contributed by atoms with Gasteiger partial charge >= 0.3 is 0 Å². The second-order valence-corrected chi connectivity index (χ2v) is 9.31. The van der Waals surface area contributed by atoms with E-state index in [1.54, 1.807) is 37.3 Å². The Morgan fingerprint density at radius 1 is 1.09 bits per heavy atom. The Hall–Kier alpha value is -3.23. The zero-order chi connectivity index (χ0) is 23.3. The van der Waals surface area contributed by atoms with Crippen LogP contribution in [0.2, 0.25) is 5.02 Å². The van der Waals surface area contributed by atoms with Gasteiger partial charge in [-0.15, -0.1) is 0 Å². The quantitative estimate of drug-likeness (QED) is 0.407. The van der Waals surface area contributed by atoms with Crippen LogP contribution in [-0.2, 0) is 14.8 Å². The van der Waals surface area contributed by atoms with E-state index in [9.17, 15) is 17.6 Å². The minimum absolute atomic E-state index is 0.0118. The number of nitrogens with zero attached hydrogens (tertiary/aromatic N) is 2. The Bertz CT molecular complexity index is 1240. The zero-order valence-corrected chi connectivity index (χ0v) is 19.0. The highest BCUT2D eigenvalue weighted by Crippen LogP contribution is 2.27. The molecular formula is C23H21ClFN3O3S. The predicted molar refractivity (Wildman–Crippen MR) is 124 cm³/mol. The van der Waals surface area contributed by atoms with Crippen molar-refractivity contribution in [3.05, 3.63) is 94.3 Å². The number of amides is 1. The highest BCUT2D eigenvalue weighted by molar-refractivity contribution is 7.92. The van der Waals surface area contributed by atoms with Gasteiger partial charge in [-0.2, -0.15) is 5.10 Å². The predicted octanol–water partition coefficient (Wildman–Crippen LogP) is 4.44. The summed E-state index contributed by atoms with van der Waals surface area (Å²) >= 11 is 5.94. The van der Waals surface area contributed by atoms with Crippen molar-refractivity contribution in [1.82, 2.24) is 5.43 Å². The van der Waals surface area contributed by atoms with Gasteiger partial charge in [-0.3, -0.25) is 9.10 Å². The highest BCUT2D eigenvalue weighted by Gasteiger charge is 2.28. The molecule has 0 spiro atoms. The first-order valence-electron chi connectivity index (χ1n) is 9.61. The van der Waals surface area contributed by atoms with E-state index in [1.165, 1.54) is 30.3 Å². The van der Waals surface area contributed by atoms with Crippen LogP contribution < -0.4 is 9.73 Å². The maximum Gasteiger partial charge on any atom is 0.264 e. The molecule has 0 atom stereocenters. The number of carbonyl (C=O) groups is 1. The maximum atomic E-state index is 13.9. The number of hydrogen-bond acceptors (Lipinski definition) is 4. The third kappa shape index (κ3) is 5.33. The van der Waals surface area contributed by atoms with Crippen molar-refractivity contribution < 1.29 is 17.6 Å². The summed E-state index contributed by atoms with van der Waals surface area (Å²) in [5, 5.41) is 3.87. The van der Waals surface area contributed by atoms with Crippen LogP contribution >= 0.6 is 11.6 Å². The minimum Gasteiger partial charge on any atom is -0.271 e. The van der Waals surface area contributed by atoms with Gasteiger partial charge in [0.2, 0.25) is 0 Å². The Morgan fingerprint density at radius 2 is 1.81 bits per heavy atom. The molecule has 9 heteroatoms. The van der Waals surface area contributed by atoms with Crippen LogP contribution in [0, 0.1) is 19.7 Å². The van der Waals surface area contributed by atoms with Crippen molar-refractivity contribution in [2.24, 2.45) is 5.10 Å². The molecule has 0 unspecified atom stereocenters. The van der Waals surface area contributed by atoms with E-state index >= 15 is 0 Å². The third-order valence-electron chi connectivity index (χ3n) is 4.63. The average Bonchev–Trinajstić information content (AvgIpc) is 2.76. The molecule has 0 fully saturated rings. The largest absolute Gasteiger partial charge is 0.271 e. The topological polar surface area (TPSA) is 78.8 Å². The summed E-state index contributed by atoms with van der Waals surface area (Å²) in [5.74, 6) is -1.30. The van der Waals surface area contributed by atoms with Gasteiger partial charge < -0.3 is 0 Å². The number of halogens is 2. The van der Waals surface area contributed by atoms with E-state index in [4.69, 9.17) is 11.6 Å². The van der Waals surface area contributed by atoms with Gasteiger partial charge in [0.1, 0.15) is 12.4 Å². The number of rotatable bonds is 7. The number of sulfonamides is 1. The Morgan fingerprint density at radius 3 is 2.50 bits per heavy atom. The number of hydrazone groups is 1. The molecule has 32 heavy (non-hydrogen) atoms. The molecule has 0 radical (unpaired) electrons. The SMILES string of the molecule is Cc1ccc(C)c(N(CC(=O)N/N=C\c2c(F)cccc2Cl)S(=O)(=O)c2ccccc2)c1. The zero-order valence-electron chi connectivity index (χ0n) is 17.4. The first-order chi connectivity index (χ1) is 15.2. The summed E-state index contributed by atoms with van der Waals surface area (Å²) in [6, 6.07) is 17.3. The molecule has 3 aromatic carbocycles. The molecule has 166 valence electrons. The molecular weight excluding hydrogens is 453 g/mol. The van der Waals surface area contributed by atoms with E-state index in [0.29, 0.717) is 11.3 Å². The van der Waals surface area contributed by atoms with Gasteiger partial charge in [-0.05, 0) is 55.3 Å². The molecule has 1 amide bonds. The molecule has 0 aliphatic rings. The van der Waals surface area contributed by atoms with Crippen molar-refractivity contribution in [3.8, 4) is 0 Å². The van der Waals surface area contributed by atoms with Crippen molar-refractivity contribution in [2.45, 2.75) is 18.7 Å². The van der Waals surface area contributed by atoms with Crippen LogP contribution in [0.5, 0.6) is 0 Å². The van der Waals surface area contributed by atoms with Gasteiger partial charge in [0, 0.05) is 5.56 Å². The molecule has 0 bridgehead atoms. The van der Waals surface area contributed by atoms with Crippen molar-refractivity contribution >= 4 is 39.4 Å². The Balaban J connectivity index is 1.90. The molecule has 0 aliphatic carbocycles. The Kier molecular flexibility index (Phi) is 7.27. The molecule has 3 rings (SSSR count). The molecule has 1 N–H and O–H groups in total. The maximum absolute atomic E-state index is 13.9. The van der Waals surface area contributed by atoms with E-state index in [2.05, 4.69) is 10.5 Å². The van der Waals surface area contributed by atoms with Crippen LogP contribution in [-0.4, -0.2) is 27.1 Å². The second kappa shape index (κ2) is 9.93. The molecule has 3 aromatic rings. The minimum atomic E-state index is -4.04. The average molecular weight is 474 g/mol. The summed E-state index contributed by atoms with van der Waals surface area (Å²) in [6.07, 6.45) is 1.07. The smallest absolute Gasteiger partial charge is 0.264 e. The van der Waals surface area contributed by atoms with Gasteiger partial charge in [-0.1, -0.05) is 48.0 Å².